The van der Waals surface area contributed by atoms with E-state index in [9.17, 15) is 14.7 Å². The number of amides is 1. The Morgan fingerprint density at radius 3 is 2.14 bits per heavy atom. The molecular formula is C17H32NO3-. The summed E-state index contributed by atoms with van der Waals surface area (Å²) in [5.41, 5.74) is 0. The second kappa shape index (κ2) is 13.9. The van der Waals surface area contributed by atoms with E-state index in [0.29, 0.717) is 18.9 Å². The maximum absolute atomic E-state index is 10.9. The lowest BCUT2D eigenvalue weighted by Crippen LogP contribution is -2.25. The minimum atomic E-state index is -0.973. The van der Waals surface area contributed by atoms with E-state index in [1.165, 1.54) is 45.4 Å². The molecule has 1 unspecified atom stereocenters. The van der Waals surface area contributed by atoms with Gasteiger partial charge in [-0.1, -0.05) is 58.3 Å². The summed E-state index contributed by atoms with van der Waals surface area (Å²) in [5.74, 6) is -0.617. The molecule has 0 radical (unpaired) electrons. The van der Waals surface area contributed by atoms with E-state index in [0.717, 1.165) is 19.3 Å². The number of carboxylic acid groups (broad SMARTS) is 1. The molecular weight excluding hydrogens is 266 g/mol. The van der Waals surface area contributed by atoms with Crippen molar-refractivity contribution in [1.82, 2.24) is 5.32 Å². The predicted molar refractivity (Wildman–Crippen MR) is 83.6 cm³/mol. The van der Waals surface area contributed by atoms with Crippen LogP contribution in [0.4, 0.5) is 0 Å². The van der Waals surface area contributed by atoms with Crippen molar-refractivity contribution < 1.29 is 14.7 Å². The Labute approximate surface area is 129 Å². The zero-order chi connectivity index (χ0) is 15.9. The highest BCUT2D eigenvalue weighted by atomic mass is 16.4. The largest absolute Gasteiger partial charge is 0.550 e. The normalized spacial score (nSPS) is 12.1. The van der Waals surface area contributed by atoms with Gasteiger partial charge in [0.25, 0.3) is 0 Å². The summed E-state index contributed by atoms with van der Waals surface area (Å²) in [5, 5.41) is 13.4. The maximum Gasteiger partial charge on any atom is 0.216 e. The molecule has 0 bridgehead atoms. The van der Waals surface area contributed by atoms with Crippen molar-refractivity contribution in [3.63, 3.8) is 0 Å². The van der Waals surface area contributed by atoms with Crippen molar-refractivity contribution in [2.75, 3.05) is 6.54 Å². The fraction of sp³-hybridized carbons (Fsp3) is 0.882. The number of carbonyl (C=O) groups excluding carboxylic acids is 2. The van der Waals surface area contributed by atoms with Crippen LogP contribution in [0.3, 0.4) is 0 Å². The Morgan fingerprint density at radius 1 is 0.952 bits per heavy atom. The third-order valence-corrected chi connectivity index (χ3v) is 3.90. The Kier molecular flexibility index (Phi) is 13.2. The first-order valence-corrected chi connectivity index (χ1v) is 8.50. The van der Waals surface area contributed by atoms with Crippen LogP contribution in [0.5, 0.6) is 0 Å². The average molecular weight is 298 g/mol. The number of carbonyl (C=O) groups is 2. The molecule has 1 atom stereocenters. The van der Waals surface area contributed by atoms with Crippen LogP contribution < -0.4 is 10.4 Å². The van der Waals surface area contributed by atoms with Crippen molar-refractivity contribution in [2.24, 2.45) is 5.92 Å². The number of nitrogens with one attached hydrogen (secondary N) is 1. The zero-order valence-electron chi connectivity index (χ0n) is 13.8. The van der Waals surface area contributed by atoms with Gasteiger partial charge in [-0.3, -0.25) is 4.79 Å². The second-order valence-electron chi connectivity index (χ2n) is 5.96. The molecule has 1 N–H and O–H groups in total. The molecule has 4 nitrogen and oxygen atoms in total. The summed E-state index contributed by atoms with van der Waals surface area (Å²) in [6.07, 6.45) is 11.6. The first-order valence-electron chi connectivity index (χ1n) is 8.50. The van der Waals surface area contributed by atoms with Gasteiger partial charge in [0.15, 0.2) is 0 Å². The number of aliphatic carboxylic acids is 1. The van der Waals surface area contributed by atoms with E-state index in [-0.39, 0.29) is 12.3 Å². The molecule has 0 aliphatic carbocycles. The van der Waals surface area contributed by atoms with Crippen LogP contribution >= 0.6 is 0 Å². The van der Waals surface area contributed by atoms with Crippen LogP contribution in [0, 0.1) is 5.92 Å². The molecule has 0 saturated heterocycles. The van der Waals surface area contributed by atoms with Gasteiger partial charge in [-0.25, -0.2) is 0 Å². The molecule has 0 saturated carbocycles. The standard InChI is InChI=1S/C17H33NO3/c1-3-4-5-6-7-8-9-10-16(11-12-17(20)21)13-14-18-15(2)19/h16H,3-14H2,1-2H3,(H,18,19)(H,20,21)/p-1. The van der Waals surface area contributed by atoms with Crippen molar-refractivity contribution in [3.05, 3.63) is 0 Å². The van der Waals surface area contributed by atoms with Crippen LogP contribution in [0.1, 0.15) is 84.5 Å². The molecule has 0 aromatic carbocycles. The van der Waals surface area contributed by atoms with Crippen molar-refractivity contribution in [3.8, 4) is 0 Å². The molecule has 0 rings (SSSR count). The molecule has 0 spiro atoms. The number of carboxylic acids is 1. The first-order chi connectivity index (χ1) is 10.1. The number of unbranched alkanes of at least 4 members (excludes halogenated alkanes) is 6. The lowest BCUT2D eigenvalue weighted by Gasteiger charge is -2.17. The highest BCUT2D eigenvalue weighted by Crippen LogP contribution is 2.19. The average Bonchev–Trinajstić information content (AvgIpc) is 2.42. The molecule has 4 heteroatoms. The molecule has 124 valence electrons. The highest BCUT2D eigenvalue weighted by molar-refractivity contribution is 5.72. The van der Waals surface area contributed by atoms with Gasteiger partial charge in [0.05, 0.1) is 0 Å². The van der Waals surface area contributed by atoms with E-state index in [2.05, 4.69) is 12.2 Å². The summed E-state index contributed by atoms with van der Waals surface area (Å²) < 4.78 is 0. The van der Waals surface area contributed by atoms with Gasteiger partial charge >= 0.3 is 0 Å². The fourth-order valence-corrected chi connectivity index (χ4v) is 2.60. The summed E-state index contributed by atoms with van der Waals surface area (Å²) in [6.45, 7) is 4.37. The Hall–Kier alpha value is -1.06. The molecule has 1 amide bonds. The van der Waals surface area contributed by atoms with Crippen LogP contribution in [-0.4, -0.2) is 18.4 Å². The van der Waals surface area contributed by atoms with Gasteiger partial charge in [0.1, 0.15) is 0 Å². The number of hydrogen-bond acceptors (Lipinski definition) is 3. The van der Waals surface area contributed by atoms with Gasteiger partial charge in [-0.15, -0.1) is 0 Å². The molecule has 0 aliphatic heterocycles. The lowest BCUT2D eigenvalue weighted by molar-refractivity contribution is -0.306. The fourth-order valence-electron chi connectivity index (χ4n) is 2.60. The van der Waals surface area contributed by atoms with Crippen LogP contribution in [0.25, 0.3) is 0 Å². The molecule has 0 aromatic heterocycles. The summed E-state index contributed by atoms with van der Waals surface area (Å²) in [4.78, 5) is 21.4. The van der Waals surface area contributed by atoms with Crippen molar-refractivity contribution >= 4 is 11.9 Å². The highest BCUT2D eigenvalue weighted by Gasteiger charge is 2.09. The number of rotatable bonds is 14. The van der Waals surface area contributed by atoms with Crippen LogP contribution in [0.2, 0.25) is 0 Å². The van der Waals surface area contributed by atoms with E-state index >= 15 is 0 Å². The monoisotopic (exact) mass is 298 g/mol. The third-order valence-electron chi connectivity index (χ3n) is 3.90. The van der Waals surface area contributed by atoms with E-state index in [4.69, 9.17) is 0 Å². The third kappa shape index (κ3) is 15.2. The lowest BCUT2D eigenvalue weighted by atomic mass is 9.92. The second-order valence-corrected chi connectivity index (χ2v) is 5.96. The van der Waals surface area contributed by atoms with Gasteiger partial charge in [-0.2, -0.15) is 0 Å². The zero-order valence-corrected chi connectivity index (χ0v) is 13.8. The van der Waals surface area contributed by atoms with E-state index in [1.807, 2.05) is 0 Å². The quantitative estimate of drug-likeness (QED) is 0.501. The van der Waals surface area contributed by atoms with Crippen molar-refractivity contribution in [2.45, 2.75) is 84.5 Å². The summed E-state index contributed by atoms with van der Waals surface area (Å²) in [7, 11) is 0. The summed E-state index contributed by atoms with van der Waals surface area (Å²) >= 11 is 0. The minimum absolute atomic E-state index is 0.0235. The predicted octanol–water partition coefficient (Wildman–Crippen LogP) is 2.80. The SMILES string of the molecule is CCCCCCCCCC(CCNC(C)=O)CCC(=O)[O-]. The Balaban J connectivity index is 3.76. The van der Waals surface area contributed by atoms with Crippen LogP contribution in [0.15, 0.2) is 0 Å². The van der Waals surface area contributed by atoms with Gasteiger partial charge in [-0.05, 0) is 25.2 Å². The molecule has 0 heterocycles. The summed E-state index contributed by atoms with van der Waals surface area (Å²) in [6, 6.07) is 0. The van der Waals surface area contributed by atoms with Crippen LogP contribution in [-0.2, 0) is 9.59 Å². The van der Waals surface area contributed by atoms with E-state index in [1.54, 1.807) is 0 Å². The maximum atomic E-state index is 10.9. The van der Waals surface area contributed by atoms with Gasteiger partial charge in [0.2, 0.25) is 5.91 Å². The van der Waals surface area contributed by atoms with Gasteiger partial charge in [0, 0.05) is 19.4 Å². The van der Waals surface area contributed by atoms with Crippen molar-refractivity contribution in [1.29, 1.82) is 0 Å². The molecule has 0 aliphatic rings. The van der Waals surface area contributed by atoms with Gasteiger partial charge < -0.3 is 15.2 Å². The molecule has 21 heavy (non-hydrogen) atoms. The molecule has 0 aromatic rings. The topological polar surface area (TPSA) is 69.2 Å². The van der Waals surface area contributed by atoms with E-state index < -0.39 is 5.97 Å². The molecule has 0 fully saturated rings. The first kappa shape index (κ1) is 19.9. The minimum Gasteiger partial charge on any atom is -0.550 e. The Bertz CT molecular complexity index is 279. The smallest absolute Gasteiger partial charge is 0.216 e. The Morgan fingerprint density at radius 2 is 1.57 bits per heavy atom. The number of hydrogen-bond donors (Lipinski definition) is 1.